The van der Waals surface area contributed by atoms with E-state index in [1.807, 2.05) is 17.9 Å². The van der Waals surface area contributed by atoms with E-state index >= 15 is 0 Å². The van der Waals surface area contributed by atoms with Crippen LogP contribution in [0.25, 0.3) is 5.57 Å². The molecule has 0 unspecified atom stereocenters. The van der Waals surface area contributed by atoms with Gasteiger partial charge in [-0.3, -0.25) is 4.79 Å². The van der Waals surface area contributed by atoms with E-state index in [4.69, 9.17) is 0 Å². The molecule has 0 atom stereocenters. The lowest BCUT2D eigenvalue weighted by Crippen LogP contribution is -2.48. The first-order valence-electron chi connectivity index (χ1n) is 9.08. The Bertz CT molecular complexity index is 964. The monoisotopic (exact) mass is 397 g/mol. The highest BCUT2D eigenvalue weighted by Gasteiger charge is 2.30. The molecule has 2 aromatic rings. The first kappa shape index (κ1) is 18.6. The van der Waals surface area contributed by atoms with Gasteiger partial charge in [-0.05, 0) is 54.1 Å². The quantitative estimate of drug-likeness (QED) is 0.783. The molecule has 5 nitrogen and oxygen atoms in total. The average Bonchev–Trinajstić information content (AvgIpc) is 3.10. The molecule has 2 heterocycles. The van der Waals surface area contributed by atoms with Crippen LogP contribution in [0.15, 0.2) is 58.4 Å². The van der Waals surface area contributed by atoms with Crippen LogP contribution in [0.2, 0.25) is 0 Å². The second kappa shape index (κ2) is 7.67. The van der Waals surface area contributed by atoms with Crippen molar-refractivity contribution < 1.29 is 14.3 Å². The lowest BCUT2D eigenvalue weighted by Gasteiger charge is -2.36. The summed E-state index contributed by atoms with van der Waals surface area (Å²) in [6, 6.07) is 13.6. The highest BCUT2D eigenvalue weighted by molar-refractivity contribution is 8.18. The number of nitrogens with zero attached hydrogens (tertiary/aromatic N) is 3. The number of allylic oxidation sites excluding steroid dienone is 1. The van der Waals surface area contributed by atoms with Gasteiger partial charge in [0.05, 0.1) is 10.6 Å². The van der Waals surface area contributed by atoms with Crippen LogP contribution >= 0.6 is 11.8 Å². The minimum atomic E-state index is -0.234. The number of piperazine rings is 1. The van der Waals surface area contributed by atoms with Crippen molar-refractivity contribution in [1.82, 2.24) is 4.90 Å². The van der Waals surface area contributed by atoms with Gasteiger partial charge in [0.2, 0.25) is 0 Å². The van der Waals surface area contributed by atoms with Crippen molar-refractivity contribution in [3.8, 4) is 5.75 Å². The van der Waals surface area contributed by atoms with Gasteiger partial charge in [-0.25, -0.2) is 4.39 Å². The summed E-state index contributed by atoms with van der Waals surface area (Å²) < 4.78 is 14.0. The minimum Gasteiger partial charge on any atom is -0.508 e. The lowest BCUT2D eigenvalue weighted by molar-refractivity contribution is -0.113. The molecule has 2 aliphatic rings. The van der Waals surface area contributed by atoms with Crippen molar-refractivity contribution in [2.24, 2.45) is 4.99 Å². The summed E-state index contributed by atoms with van der Waals surface area (Å²) in [6.45, 7) is 4.59. The van der Waals surface area contributed by atoms with Gasteiger partial charge in [-0.2, -0.15) is 4.99 Å². The number of carbonyl (C=O) groups is 1. The van der Waals surface area contributed by atoms with Crippen LogP contribution in [0.3, 0.4) is 0 Å². The fourth-order valence-electron chi connectivity index (χ4n) is 3.36. The highest BCUT2D eigenvalue weighted by Crippen LogP contribution is 2.35. The summed E-state index contributed by atoms with van der Waals surface area (Å²) in [4.78, 5) is 21.4. The summed E-state index contributed by atoms with van der Waals surface area (Å²) in [6.07, 6.45) is 0. The van der Waals surface area contributed by atoms with Crippen molar-refractivity contribution in [2.45, 2.75) is 6.92 Å². The molecule has 28 heavy (non-hydrogen) atoms. The lowest BCUT2D eigenvalue weighted by atomic mass is 10.1. The summed E-state index contributed by atoms with van der Waals surface area (Å²) in [5.74, 6) is -0.257. The van der Waals surface area contributed by atoms with E-state index < -0.39 is 0 Å². The Hall–Kier alpha value is -2.80. The van der Waals surface area contributed by atoms with Crippen LogP contribution in [-0.4, -0.2) is 47.3 Å². The molecule has 0 aliphatic carbocycles. The predicted molar refractivity (Wildman–Crippen MR) is 111 cm³/mol. The third-order valence-electron chi connectivity index (χ3n) is 4.97. The highest BCUT2D eigenvalue weighted by atomic mass is 32.2. The zero-order valence-electron chi connectivity index (χ0n) is 15.4. The third-order valence-corrected chi connectivity index (χ3v) is 6.19. The first-order chi connectivity index (χ1) is 13.5. The normalized spacial score (nSPS) is 19.1. The SMILES string of the molecule is C/C(=C1/SC(N2CCN(c3ccccc3F)CC2)=NC1=O)c1ccc(O)cc1. The van der Waals surface area contributed by atoms with Gasteiger partial charge < -0.3 is 14.9 Å². The molecule has 0 spiro atoms. The smallest absolute Gasteiger partial charge is 0.286 e. The average molecular weight is 397 g/mol. The molecule has 0 radical (unpaired) electrons. The molecule has 1 N–H and O–H groups in total. The number of aliphatic imine (C=N–C) groups is 1. The van der Waals surface area contributed by atoms with Gasteiger partial charge in [0.25, 0.3) is 5.91 Å². The Labute approximate surface area is 167 Å². The molecule has 0 aromatic heterocycles. The van der Waals surface area contributed by atoms with E-state index in [-0.39, 0.29) is 17.5 Å². The van der Waals surface area contributed by atoms with E-state index in [0.29, 0.717) is 41.9 Å². The van der Waals surface area contributed by atoms with Crippen LogP contribution < -0.4 is 4.90 Å². The Balaban J connectivity index is 1.45. The molecule has 0 bridgehead atoms. The molecular formula is C21H20FN3O2S. The molecule has 4 rings (SSSR count). The molecule has 2 aliphatic heterocycles. The largest absolute Gasteiger partial charge is 0.508 e. The van der Waals surface area contributed by atoms with Gasteiger partial charge in [0, 0.05) is 26.2 Å². The van der Waals surface area contributed by atoms with E-state index in [0.717, 1.165) is 11.1 Å². The van der Waals surface area contributed by atoms with Gasteiger partial charge in [0.15, 0.2) is 5.17 Å². The fourth-order valence-corrected chi connectivity index (χ4v) is 4.38. The predicted octanol–water partition coefficient (Wildman–Crippen LogP) is 3.71. The maximum absolute atomic E-state index is 14.0. The van der Waals surface area contributed by atoms with Crippen molar-refractivity contribution >= 4 is 34.1 Å². The first-order valence-corrected chi connectivity index (χ1v) is 9.90. The number of hydrogen-bond donors (Lipinski definition) is 1. The molecular weight excluding hydrogens is 377 g/mol. The van der Waals surface area contributed by atoms with Crippen LogP contribution in [0, 0.1) is 5.82 Å². The number of anilines is 1. The fraction of sp³-hybridized carbons (Fsp3) is 0.238. The number of halogens is 1. The molecule has 2 aromatic carbocycles. The maximum atomic E-state index is 14.0. The number of amidine groups is 1. The van der Waals surface area contributed by atoms with Crippen LogP contribution in [0.5, 0.6) is 5.75 Å². The maximum Gasteiger partial charge on any atom is 0.286 e. The van der Waals surface area contributed by atoms with E-state index in [1.165, 1.54) is 17.8 Å². The molecule has 144 valence electrons. The topological polar surface area (TPSA) is 56.1 Å². The van der Waals surface area contributed by atoms with Crippen LogP contribution in [0.4, 0.5) is 10.1 Å². The number of para-hydroxylation sites is 1. The number of carbonyl (C=O) groups excluding carboxylic acids is 1. The summed E-state index contributed by atoms with van der Waals surface area (Å²) in [5.41, 5.74) is 2.34. The zero-order valence-corrected chi connectivity index (χ0v) is 16.2. The third kappa shape index (κ3) is 3.62. The van der Waals surface area contributed by atoms with E-state index in [9.17, 15) is 14.3 Å². The Morgan fingerprint density at radius 2 is 1.68 bits per heavy atom. The number of benzene rings is 2. The molecule has 0 saturated carbocycles. The van der Waals surface area contributed by atoms with Gasteiger partial charge in [-0.15, -0.1) is 0 Å². The number of rotatable bonds is 2. The van der Waals surface area contributed by atoms with Crippen molar-refractivity contribution in [3.05, 3.63) is 64.8 Å². The van der Waals surface area contributed by atoms with Crippen molar-refractivity contribution in [1.29, 1.82) is 0 Å². The Morgan fingerprint density at radius 1 is 1.04 bits per heavy atom. The van der Waals surface area contributed by atoms with Crippen LogP contribution in [0.1, 0.15) is 12.5 Å². The van der Waals surface area contributed by atoms with E-state index in [2.05, 4.69) is 9.89 Å². The van der Waals surface area contributed by atoms with Gasteiger partial charge >= 0.3 is 0 Å². The molecule has 1 fully saturated rings. The molecule has 1 amide bonds. The number of amides is 1. The second-order valence-corrected chi connectivity index (χ2v) is 7.71. The minimum absolute atomic E-state index is 0.191. The molecule has 7 heteroatoms. The zero-order chi connectivity index (χ0) is 19.7. The number of phenolic OH excluding ortho intramolecular Hbond substituents is 1. The number of thioether (sulfide) groups is 1. The molecule has 1 saturated heterocycles. The Kier molecular flexibility index (Phi) is 5.09. The number of phenols is 1. The summed E-state index contributed by atoms with van der Waals surface area (Å²) in [5, 5.41) is 10.1. The number of aromatic hydroxyl groups is 1. The Morgan fingerprint density at radius 3 is 2.36 bits per heavy atom. The summed E-state index contributed by atoms with van der Waals surface area (Å²) >= 11 is 1.38. The summed E-state index contributed by atoms with van der Waals surface area (Å²) in [7, 11) is 0. The standard InChI is InChI=1S/C21H20FN3O2S/c1-14(15-6-8-16(26)9-7-15)19-20(27)23-21(28-19)25-12-10-24(11-13-25)18-5-3-2-4-17(18)22/h2-9,26H,10-13H2,1H3/b19-14-. The van der Waals surface area contributed by atoms with Crippen molar-refractivity contribution in [3.63, 3.8) is 0 Å². The van der Waals surface area contributed by atoms with E-state index in [1.54, 1.807) is 36.4 Å². The van der Waals surface area contributed by atoms with Gasteiger partial charge in [-0.1, -0.05) is 24.3 Å². The second-order valence-electron chi connectivity index (χ2n) is 6.73. The number of hydrogen-bond acceptors (Lipinski definition) is 5. The van der Waals surface area contributed by atoms with Crippen molar-refractivity contribution in [2.75, 3.05) is 31.1 Å². The van der Waals surface area contributed by atoms with Gasteiger partial charge in [0.1, 0.15) is 11.6 Å². The van der Waals surface area contributed by atoms with Crippen LogP contribution in [-0.2, 0) is 4.79 Å².